The van der Waals surface area contributed by atoms with Gasteiger partial charge in [0.15, 0.2) is 5.82 Å². The molecule has 0 spiro atoms. The number of fused-ring (bicyclic) bond motifs is 2. The first kappa shape index (κ1) is 27.2. The van der Waals surface area contributed by atoms with Crippen LogP contribution in [0.4, 0.5) is 4.79 Å². The number of ether oxygens (including phenoxy) is 1. The molecular weight excluding hydrogens is 480 g/mol. The average Bonchev–Trinajstić information content (AvgIpc) is 3.55. The fourth-order valence-electron chi connectivity index (χ4n) is 4.85. The number of benzene rings is 1. The molecule has 0 saturated carbocycles. The molecule has 9 nitrogen and oxygen atoms in total. The first-order valence-electron chi connectivity index (χ1n) is 13.4. The molecule has 2 aliphatic heterocycles. The third-order valence-corrected chi connectivity index (χ3v) is 7.20. The minimum absolute atomic E-state index is 0.0895. The third kappa shape index (κ3) is 5.82. The van der Waals surface area contributed by atoms with Crippen molar-refractivity contribution in [2.45, 2.75) is 66.5 Å². The van der Waals surface area contributed by atoms with Crippen LogP contribution in [0, 0.1) is 0 Å². The van der Waals surface area contributed by atoms with Gasteiger partial charge in [-0.1, -0.05) is 19.1 Å². The van der Waals surface area contributed by atoms with Gasteiger partial charge in [-0.15, -0.1) is 10.2 Å². The molecule has 0 atom stereocenters. The van der Waals surface area contributed by atoms with E-state index in [-0.39, 0.29) is 11.9 Å². The molecule has 1 aromatic carbocycles. The number of methoxy groups -OCH3 is 1. The first-order valence-corrected chi connectivity index (χ1v) is 13.4. The number of nitrogens with one attached hydrogen (secondary N) is 2. The van der Waals surface area contributed by atoms with Gasteiger partial charge in [-0.3, -0.25) is 4.79 Å². The van der Waals surface area contributed by atoms with E-state index in [2.05, 4.69) is 32.3 Å². The van der Waals surface area contributed by atoms with Crippen molar-refractivity contribution in [2.75, 3.05) is 20.2 Å². The quantitative estimate of drug-likeness (QED) is 0.505. The van der Waals surface area contributed by atoms with Crippen molar-refractivity contribution >= 4 is 17.5 Å². The zero-order valence-corrected chi connectivity index (χ0v) is 23.1. The Morgan fingerprint density at radius 1 is 1.11 bits per heavy atom. The number of rotatable bonds is 8. The summed E-state index contributed by atoms with van der Waals surface area (Å²) in [6.07, 6.45) is 9.45. The SMILES string of the molecule is CCNC(=O)N1CCc2cc(OC)c(C(=O)NC(/C=C\C=C(/C)c3nnc4n3CCC4)=C(/C)CC)cc2C1. The number of aromatic nitrogens is 3. The van der Waals surface area contributed by atoms with Gasteiger partial charge in [-0.05, 0) is 80.5 Å². The molecule has 0 aliphatic carbocycles. The zero-order valence-electron chi connectivity index (χ0n) is 23.1. The maximum atomic E-state index is 13.5. The van der Waals surface area contributed by atoms with E-state index in [0.717, 1.165) is 65.4 Å². The minimum atomic E-state index is -0.247. The molecule has 0 bridgehead atoms. The summed E-state index contributed by atoms with van der Waals surface area (Å²) in [5.74, 6) is 2.22. The van der Waals surface area contributed by atoms with Gasteiger partial charge in [0.05, 0.1) is 12.7 Å². The highest BCUT2D eigenvalue weighted by Gasteiger charge is 2.24. The van der Waals surface area contributed by atoms with Crippen molar-refractivity contribution in [3.05, 3.63) is 70.0 Å². The fraction of sp³-hybridized carbons (Fsp3) is 0.448. The molecule has 38 heavy (non-hydrogen) atoms. The number of nitrogens with zero attached hydrogens (tertiary/aromatic N) is 4. The molecular formula is C29H38N6O3. The lowest BCUT2D eigenvalue weighted by Gasteiger charge is -2.29. The van der Waals surface area contributed by atoms with Crippen LogP contribution in [0.5, 0.6) is 5.75 Å². The molecule has 0 saturated heterocycles. The lowest BCUT2D eigenvalue weighted by molar-refractivity contribution is 0.0963. The maximum Gasteiger partial charge on any atom is 0.317 e. The molecule has 4 rings (SSSR count). The summed E-state index contributed by atoms with van der Waals surface area (Å²) in [5, 5.41) is 14.6. The molecule has 2 N–H and O–H groups in total. The number of aryl methyl sites for hydroxylation is 1. The van der Waals surface area contributed by atoms with Crippen LogP contribution < -0.4 is 15.4 Å². The molecule has 0 fully saturated rings. The number of allylic oxidation sites excluding steroid dienone is 5. The molecule has 2 aromatic rings. The van der Waals surface area contributed by atoms with Crippen molar-refractivity contribution in [3.63, 3.8) is 0 Å². The largest absolute Gasteiger partial charge is 0.496 e. The highest BCUT2D eigenvalue weighted by molar-refractivity contribution is 5.98. The molecule has 0 radical (unpaired) electrons. The number of urea groups is 1. The van der Waals surface area contributed by atoms with E-state index in [1.165, 1.54) is 0 Å². The number of carbonyl (C=O) groups is 2. The minimum Gasteiger partial charge on any atom is -0.496 e. The monoisotopic (exact) mass is 518 g/mol. The predicted molar refractivity (Wildman–Crippen MR) is 148 cm³/mol. The highest BCUT2D eigenvalue weighted by atomic mass is 16.5. The maximum absolute atomic E-state index is 13.5. The van der Waals surface area contributed by atoms with E-state index in [1.807, 2.05) is 51.1 Å². The van der Waals surface area contributed by atoms with Crippen molar-refractivity contribution in [1.29, 1.82) is 0 Å². The van der Waals surface area contributed by atoms with E-state index in [0.29, 0.717) is 37.4 Å². The van der Waals surface area contributed by atoms with Crippen LogP contribution in [0.3, 0.4) is 0 Å². The molecule has 0 unspecified atom stereocenters. The van der Waals surface area contributed by atoms with Gasteiger partial charge in [-0.2, -0.15) is 0 Å². The van der Waals surface area contributed by atoms with Crippen molar-refractivity contribution in [2.24, 2.45) is 0 Å². The number of hydrogen-bond donors (Lipinski definition) is 2. The average molecular weight is 519 g/mol. The van der Waals surface area contributed by atoms with Crippen molar-refractivity contribution in [3.8, 4) is 5.75 Å². The lowest BCUT2D eigenvalue weighted by Crippen LogP contribution is -2.42. The standard InChI is InChI=1S/C29H38N6O3/c1-6-19(3)24(11-8-10-20(4)27-33-32-26-12-9-14-35(26)27)31-28(36)23-16-22-18-34(29(37)30-7-2)15-13-21(22)17-25(23)38-5/h8,10-11,16-17H,6-7,9,12-15,18H2,1-5H3,(H,30,37)(H,31,36)/b11-8-,20-10+,24-19-. The van der Waals surface area contributed by atoms with Gasteiger partial charge in [0.2, 0.25) is 0 Å². The Kier molecular flexibility index (Phi) is 8.66. The van der Waals surface area contributed by atoms with Crippen LogP contribution in [0.15, 0.2) is 41.6 Å². The molecule has 2 aliphatic rings. The molecule has 1 aromatic heterocycles. The fourth-order valence-corrected chi connectivity index (χ4v) is 4.85. The van der Waals surface area contributed by atoms with Crippen molar-refractivity contribution < 1.29 is 14.3 Å². The summed E-state index contributed by atoms with van der Waals surface area (Å²) in [4.78, 5) is 27.6. The molecule has 9 heteroatoms. The Balaban J connectivity index is 1.54. The Morgan fingerprint density at radius 3 is 2.66 bits per heavy atom. The van der Waals surface area contributed by atoms with Crippen LogP contribution in [-0.2, 0) is 25.9 Å². The van der Waals surface area contributed by atoms with Gasteiger partial charge in [0, 0.05) is 38.3 Å². The van der Waals surface area contributed by atoms with E-state index >= 15 is 0 Å². The second kappa shape index (κ2) is 12.1. The van der Waals surface area contributed by atoms with Gasteiger partial charge in [-0.25, -0.2) is 4.79 Å². The zero-order chi connectivity index (χ0) is 27.2. The van der Waals surface area contributed by atoms with Crippen LogP contribution in [0.2, 0.25) is 0 Å². The Labute approximate surface area is 224 Å². The summed E-state index contributed by atoms with van der Waals surface area (Å²) >= 11 is 0. The lowest BCUT2D eigenvalue weighted by atomic mass is 9.96. The second-order valence-corrected chi connectivity index (χ2v) is 9.73. The smallest absolute Gasteiger partial charge is 0.317 e. The van der Waals surface area contributed by atoms with E-state index in [1.54, 1.807) is 12.0 Å². The second-order valence-electron chi connectivity index (χ2n) is 9.73. The van der Waals surface area contributed by atoms with Gasteiger partial charge in [0.25, 0.3) is 5.91 Å². The molecule has 202 valence electrons. The number of amides is 3. The van der Waals surface area contributed by atoms with Crippen LogP contribution in [0.1, 0.15) is 73.7 Å². The normalized spacial score (nSPS) is 15.7. The Hall–Kier alpha value is -3.88. The topological polar surface area (TPSA) is 101 Å². The van der Waals surface area contributed by atoms with Crippen LogP contribution in [-0.4, -0.2) is 51.8 Å². The van der Waals surface area contributed by atoms with Gasteiger partial charge >= 0.3 is 6.03 Å². The van der Waals surface area contributed by atoms with Gasteiger partial charge in [0.1, 0.15) is 11.6 Å². The summed E-state index contributed by atoms with van der Waals surface area (Å²) in [6, 6.07) is 3.69. The van der Waals surface area contributed by atoms with Crippen molar-refractivity contribution in [1.82, 2.24) is 30.3 Å². The summed E-state index contributed by atoms with van der Waals surface area (Å²) in [5.41, 5.74) is 5.33. The van der Waals surface area contributed by atoms with E-state index in [4.69, 9.17) is 4.74 Å². The Bertz CT molecular complexity index is 1300. The van der Waals surface area contributed by atoms with Crippen LogP contribution >= 0.6 is 0 Å². The predicted octanol–water partition coefficient (Wildman–Crippen LogP) is 4.39. The number of carbonyl (C=O) groups excluding carboxylic acids is 2. The summed E-state index contributed by atoms with van der Waals surface area (Å²) < 4.78 is 7.76. The summed E-state index contributed by atoms with van der Waals surface area (Å²) in [7, 11) is 1.57. The first-order chi connectivity index (χ1) is 18.4. The highest BCUT2D eigenvalue weighted by Crippen LogP contribution is 2.28. The molecule has 3 heterocycles. The van der Waals surface area contributed by atoms with E-state index in [9.17, 15) is 9.59 Å². The third-order valence-electron chi connectivity index (χ3n) is 7.20. The van der Waals surface area contributed by atoms with Gasteiger partial charge < -0.3 is 24.8 Å². The Morgan fingerprint density at radius 2 is 1.92 bits per heavy atom. The van der Waals surface area contributed by atoms with Crippen LogP contribution in [0.25, 0.3) is 5.57 Å². The summed E-state index contributed by atoms with van der Waals surface area (Å²) in [6.45, 7) is 10.6. The number of hydrogen-bond acceptors (Lipinski definition) is 5. The van der Waals surface area contributed by atoms with E-state index < -0.39 is 0 Å². The molecule has 3 amide bonds.